The maximum absolute atomic E-state index is 4.08. The molecular weight excluding hydrogens is 140 g/mol. The Balaban J connectivity index is 2.35. The lowest BCUT2D eigenvalue weighted by Gasteiger charge is -2.37. The van der Waals surface area contributed by atoms with Gasteiger partial charge < -0.3 is 9.88 Å². The van der Waals surface area contributed by atoms with Crippen LogP contribution in [0.3, 0.4) is 0 Å². The Labute approximate surface area is 65.6 Å². The van der Waals surface area contributed by atoms with Gasteiger partial charge in [-0.1, -0.05) is 0 Å². The molecule has 0 aromatic carbocycles. The van der Waals surface area contributed by atoms with Gasteiger partial charge in [-0.05, 0) is 6.92 Å². The van der Waals surface area contributed by atoms with Crippen molar-refractivity contribution < 1.29 is 0 Å². The number of nitrogens with one attached hydrogen (secondary N) is 1. The van der Waals surface area contributed by atoms with Crippen LogP contribution in [-0.4, -0.2) is 27.9 Å². The molecule has 1 saturated heterocycles. The molecule has 1 aliphatic heterocycles. The molecule has 2 heterocycles. The quantitative estimate of drug-likeness (QED) is 0.599. The first kappa shape index (κ1) is 6.79. The van der Waals surface area contributed by atoms with Gasteiger partial charge in [-0.15, -0.1) is 10.2 Å². The number of aromatic nitrogens is 3. The summed E-state index contributed by atoms with van der Waals surface area (Å²) in [4.78, 5) is 0. The Morgan fingerprint density at radius 1 is 1.64 bits per heavy atom. The van der Waals surface area contributed by atoms with Crippen molar-refractivity contribution >= 4 is 0 Å². The monoisotopic (exact) mass is 152 g/mol. The molecule has 0 aliphatic carbocycles. The Bertz CT molecular complexity index is 261. The first-order valence-corrected chi connectivity index (χ1v) is 3.78. The molecule has 0 unspecified atom stereocenters. The smallest absolute Gasteiger partial charge is 0.141 e. The molecule has 0 amide bonds. The standard InChI is InChI=1S/C7H12N4/c1-7(3-8-4-7)6-10-9-5-11(6)2/h5,8H,3-4H2,1-2H3. The van der Waals surface area contributed by atoms with Crippen molar-refractivity contribution in [3.8, 4) is 0 Å². The van der Waals surface area contributed by atoms with Crippen molar-refractivity contribution in [2.75, 3.05) is 13.1 Å². The van der Waals surface area contributed by atoms with Crippen molar-refractivity contribution in [3.05, 3.63) is 12.2 Å². The van der Waals surface area contributed by atoms with Gasteiger partial charge in [0.15, 0.2) is 0 Å². The van der Waals surface area contributed by atoms with Crippen LogP contribution in [0.25, 0.3) is 0 Å². The van der Waals surface area contributed by atoms with Crippen molar-refractivity contribution in [3.63, 3.8) is 0 Å². The van der Waals surface area contributed by atoms with Crippen LogP contribution >= 0.6 is 0 Å². The average Bonchev–Trinajstić information content (AvgIpc) is 2.30. The summed E-state index contributed by atoms with van der Waals surface area (Å²) >= 11 is 0. The van der Waals surface area contributed by atoms with E-state index in [2.05, 4.69) is 22.4 Å². The zero-order valence-corrected chi connectivity index (χ0v) is 6.83. The fraction of sp³-hybridized carbons (Fsp3) is 0.714. The zero-order chi connectivity index (χ0) is 7.90. The van der Waals surface area contributed by atoms with Crippen LogP contribution in [0.15, 0.2) is 6.33 Å². The lowest BCUT2D eigenvalue weighted by atomic mass is 9.83. The van der Waals surface area contributed by atoms with Crippen molar-refractivity contribution in [1.29, 1.82) is 0 Å². The van der Waals surface area contributed by atoms with Crippen molar-refractivity contribution in [1.82, 2.24) is 20.1 Å². The molecule has 0 atom stereocenters. The second kappa shape index (κ2) is 2.04. The van der Waals surface area contributed by atoms with E-state index in [9.17, 15) is 0 Å². The zero-order valence-electron chi connectivity index (χ0n) is 6.83. The third-order valence-electron chi connectivity index (χ3n) is 2.28. The van der Waals surface area contributed by atoms with E-state index < -0.39 is 0 Å². The lowest BCUT2D eigenvalue weighted by molar-refractivity contribution is 0.282. The van der Waals surface area contributed by atoms with Gasteiger partial charge in [-0.2, -0.15) is 0 Å². The van der Waals surface area contributed by atoms with E-state index in [0.29, 0.717) is 0 Å². The van der Waals surface area contributed by atoms with Gasteiger partial charge in [0.1, 0.15) is 12.2 Å². The molecule has 0 spiro atoms. The summed E-state index contributed by atoms with van der Waals surface area (Å²) in [6.45, 7) is 4.23. The summed E-state index contributed by atoms with van der Waals surface area (Å²) < 4.78 is 1.99. The predicted molar refractivity (Wildman–Crippen MR) is 41.2 cm³/mol. The minimum Gasteiger partial charge on any atom is -0.320 e. The van der Waals surface area contributed by atoms with Crippen molar-refractivity contribution in [2.24, 2.45) is 7.05 Å². The summed E-state index contributed by atoms with van der Waals surface area (Å²) in [6, 6.07) is 0. The van der Waals surface area contributed by atoms with Gasteiger partial charge in [0, 0.05) is 20.1 Å². The van der Waals surface area contributed by atoms with Crippen LogP contribution < -0.4 is 5.32 Å². The Morgan fingerprint density at radius 2 is 2.36 bits per heavy atom. The van der Waals surface area contributed by atoms with Gasteiger partial charge >= 0.3 is 0 Å². The third-order valence-corrected chi connectivity index (χ3v) is 2.28. The average molecular weight is 152 g/mol. The molecule has 0 bridgehead atoms. The molecular formula is C7H12N4. The molecule has 11 heavy (non-hydrogen) atoms. The third kappa shape index (κ3) is 0.860. The summed E-state index contributed by atoms with van der Waals surface area (Å²) in [5, 5.41) is 11.2. The first-order chi connectivity index (χ1) is 5.22. The second-order valence-electron chi connectivity index (χ2n) is 3.43. The number of rotatable bonds is 1. The van der Waals surface area contributed by atoms with Crippen LogP contribution in [0, 0.1) is 0 Å². The van der Waals surface area contributed by atoms with E-state index in [-0.39, 0.29) is 5.41 Å². The van der Waals surface area contributed by atoms with E-state index >= 15 is 0 Å². The van der Waals surface area contributed by atoms with E-state index in [4.69, 9.17) is 0 Å². The van der Waals surface area contributed by atoms with Gasteiger partial charge in [0.2, 0.25) is 0 Å². The van der Waals surface area contributed by atoms with Crippen LogP contribution in [0.4, 0.5) is 0 Å². The minimum atomic E-state index is 0.214. The highest BCUT2D eigenvalue weighted by Gasteiger charge is 2.37. The normalized spacial score (nSPS) is 21.3. The molecule has 2 rings (SSSR count). The van der Waals surface area contributed by atoms with Crippen molar-refractivity contribution in [2.45, 2.75) is 12.3 Å². The molecule has 4 nitrogen and oxygen atoms in total. The topological polar surface area (TPSA) is 42.7 Å². The Hall–Kier alpha value is -0.900. The summed E-state index contributed by atoms with van der Waals surface area (Å²) in [5.74, 6) is 1.08. The highest BCUT2D eigenvalue weighted by atomic mass is 15.3. The molecule has 1 aromatic heterocycles. The van der Waals surface area contributed by atoms with Crippen LogP contribution in [0.5, 0.6) is 0 Å². The predicted octanol–water partition coefficient (Wildman–Crippen LogP) is -0.324. The van der Waals surface area contributed by atoms with E-state index in [1.807, 2.05) is 11.6 Å². The maximum atomic E-state index is 4.08. The molecule has 1 N–H and O–H groups in total. The minimum absolute atomic E-state index is 0.214. The largest absolute Gasteiger partial charge is 0.320 e. The fourth-order valence-corrected chi connectivity index (χ4v) is 1.49. The van der Waals surface area contributed by atoms with Crippen LogP contribution in [-0.2, 0) is 12.5 Å². The SMILES string of the molecule is Cn1cnnc1C1(C)CNC1. The number of hydrogen-bond acceptors (Lipinski definition) is 3. The molecule has 1 fully saturated rings. The molecule has 0 saturated carbocycles. The summed E-state index contributed by atoms with van der Waals surface area (Å²) in [7, 11) is 1.99. The van der Waals surface area contributed by atoms with E-state index in [1.165, 1.54) is 0 Å². The highest BCUT2D eigenvalue weighted by Crippen LogP contribution is 2.24. The van der Waals surface area contributed by atoms with E-state index in [0.717, 1.165) is 18.9 Å². The van der Waals surface area contributed by atoms with Gasteiger partial charge in [-0.3, -0.25) is 0 Å². The van der Waals surface area contributed by atoms with E-state index in [1.54, 1.807) is 6.33 Å². The highest BCUT2D eigenvalue weighted by molar-refractivity contribution is 5.13. The van der Waals surface area contributed by atoms with Gasteiger partial charge in [0.05, 0.1) is 5.41 Å². The molecule has 1 aliphatic rings. The Kier molecular flexibility index (Phi) is 1.26. The maximum Gasteiger partial charge on any atom is 0.141 e. The molecule has 0 radical (unpaired) electrons. The van der Waals surface area contributed by atoms with Gasteiger partial charge in [-0.25, -0.2) is 0 Å². The molecule has 4 heteroatoms. The van der Waals surface area contributed by atoms with Gasteiger partial charge in [0.25, 0.3) is 0 Å². The van der Waals surface area contributed by atoms with Crippen LogP contribution in [0.1, 0.15) is 12.7 Å². The Morgan fingerprint density at radius 3 is 2.73 bits per heavy atom. The lowest BCUT2D eigenvalue weighted by Crippen LogP contribution is -2.55. The second-order valence-corrected chi connectivity index (χ2v) is 3.43. The first-order valence-electron chi connectivity index (χ1n) is 3.78. The summed E-state index contributed by atoms with van der Waals surface area (Å²) in [6.07, 6.45) is 1.75. The number of nitrogens with zero attached hydrogens (tertiary/aromatic N) is 3. The number of hydrogen-bond donors (Lipinski definition) is 1. The molecule has 1 aromatic rings. The molecule has 60 valence electrons. The van der Waals surface area contributed by atoms with Crippen LogP contribution in [0.2, 0.25) is 0 Å². The fourth-order valence-electron chi connectivity index (χ4n) is 1.49. The summed E-state index contributed by atoms with van der Waals surface area (Å²) in [5.41, 5.74) is 0.214. The number of aryl methyl sites for hydroxylation is 1.